The number of aryl methyl sites for hydroxylation is 1. The number of rotatable bonds is 6. The largest absolute Gasteiger partial charge is 0.495 e. The lowest BCUT2D eigenvalue weighted by Crippen LogP contribution is -2.30. The van der Waals surface area contributed by atoms with Crippen LogP contribution in [0.3, 0.4) is 0 Å². The van der Waals surface area contributed by atoms with E-state index in [-0.39, 0.29) is 41.4 Å². The van der Waals surface area contributed by atoms with Crippen LogP contribution in [-0.2, 0) is 9.59 Å². The van der Waals surface area contributed by atoms with Gasteiger partial charge in [0.25, 0.3) is 17.5 Å². The number of nitro benzene ring substituents is 1. The Kier molecular flexibility index (Phi) is 6.11. The first-order valence-electron chi connectivity index (χ1n) is 11.6. The van der Waals surface area contributed by atoms with Crippen LogP contribution in [0.1, 0.15) is 32.7 Å². The summed E-state index contributed by atoms with van der Waals surface area (Å²) in [5.74, 6) is -2.33. The Morgan fingerprint density at radius 3 is 2.47 bits per heavy atom. The van der Waals surface area contributed by atoms with Crippen molar-refractivity contribution >= 4 is 40.8 Å². The van der Waals surface area contributed by atoms with Crippen LogP contribution in [-0.4, -0.2) is 42.3 Å². The summed E-state index contributed by atoms with van der Waals surface area (Å²) in [6, 6.07) is 15.3. The van der Waals surface area contributed by atoms with Crippen molar-refractivity contribution in [2.24, 2.45) is 5.92 Å². The van der Waals surface area contributed by atoms with E-state index < -0.39 is 34.3 Å². The summed E-state index contributed by atoms with van der Waals surface area (Å²) in [7, 11) is 1.50. The first kappa shape index (κ1) is 24.6. The molecule has 2 aliphatic rings. The first-order chi connectivity index (χ1) is 18.2. The molecule has 0 radical (unpaired) electrons. The molecule has 0 saturated carbocycles. The van der Waals surface area contributed by atoms with Crippen molar-refractivity contribution in [2.75, 3.05) is 23.5 Å². The zero-order chi connectivity index (χ0) is 27.1. The molecule has 3 amide bonds. The second-order valence-electron chi connectivity index (χ2n) is 8.85. The lowest BCUT2D eigenvalue weighted by molar-refractivity contribution is -0.385. The Morgan fingerprint density at radius 2 is 1.76 bits per heavy atom. The van der Waals surface area contributed by atoms with Gasteiger partial charge < -0.3 is 14.4 Å². The smallest absolute Gasteiger partial charge is 0.316 e. The molecule has 2 heterocycles. The third-order valence-electron chi connectivity index (χ3n) is 6.55. The van der Waals surface area contributed by atoms with Gasteiger partial charge >= 0.3 is 5.97 Å². The van der Waals surface area contributed by atoms with Crippen molar-refractivity contribution in [3.63, 3.8) is 0 Å². The number of imide groups is 1. The van der Waals surface area contributed by atoms with Crippen LogP contribution in [0.15, 0.2) is 60.7 Å². The first-order valence-corrected chi connectivity index (χ1v) is 11.6. The van der Waals surface area contributed by atoms with Crippen LogP contribution < -0.4 is 19.3 Å². The molecule has 38 heavy (non-hydrogen) atoms. The normalized spacial score (nSPS) is 16.6. The number of amides is 3. The summed E-state index contributed by atoms with van der Waals surface area (Å²) < 4.78 is 10.8. The highest BCUT2D eigenvalue weighted by Gasteiger charge is 2.42. The summed E-state index contributed by atoms with van der Waals surface area (Å²) in [6.07, 6.45) is -0.0260. The van der Waals surface area contributed by atoms with Crippen molar-refractivity contribution in [3.05, 3.63) is 87.5 Å². The SMILES string of the molecule is COc1ccccc1N1C[C@@H](C(=O)Oc2ccc(N3C(=O)c4cccc([N+](=O)[O-])c4C3=O)c(C)c2)CC1=O. The lowest BCUT2D eigenvalue weighted by Gasteiger charge is -2.19. The molecule has 1 saturated heterocycles. The lowest BCUT2D eigenvalue weighted by atomic mass is 10.1. The predicted molar refractivity (Wildman–Crippen MR) is 135 cm³/mol. The van der Waals surface area contributed by atoms with Gasteiger partial charge in [-0.1, -0.05) is 18.2 Å². The number of nitro groups is 1. The van der Waals surface area contributed by atoms with Crippen LogP contribution in [0.2, 0.25) is 0 Å². The molecule has 192 valence electrons. The van der Waals surface area contributed by atoms with Crippen molar-refractivity contribution < 1.29 is 33.6 Å². The van der Waals surface area contributed by atoms with Gasteiger partial charge in [-0.2, -0.15) is 0 Å². The summed E-state index contributed by atoms with van der Waals surface area (Å²) in [5.41, 5.74) is 0.457. The van der Waals surface area contributed by atoms with Gasteiger partial charge in [0.2, 0.25) is 5.91 Å². The number of esters is 1. The van der Waals surface area contributed by atoms with Crippen LogP contribution in [0, 0.1) is 23.0 Å². The Bertz CT molecular complexity index is 1530. The number of ether oxygens (including phenoxy) is 2. The number of para-hydroxylation sites is 2. The van der Waals surface area contributed by atoms with Crippen molar-refractivity contribution in [3.8, 4) is 11.5 Å². The molecule has 0 bridgehead atoms. The molecule has 11 nitrogen and oxygen atoms in total. The van der Waals surface area contributed by atoms with Crippen LogP contribution >= 0.6 is 0 Å². The minimum absolute atomic E-state index is 0.0260. The van der Waals surface area contributed by atoms with Gasteiger partial charge in [-0.05, 0) is 48.9 Å². The van der Waals surface area contributed by atoms with Crippen molar-refractivity contribution in [1.82, 2.24) is 0 Å². The maximum atomic E-state index is 13.0. The van der Waals surface area contributed by atoms with E-state index in [1.54, 1.807) is 31.2 Å². The average molecular weight is 515 g/mol. The maximum absolute atomic E-state index is 13.0. The van der Waals surface area contributed by atoms with E-state index in [9.17, 15) is 29.3 Å². The topological polar surface area (TPSA) is 136 Å². The molecule has 1 fully saturated rings. The Labute approximate surface area is 216 Å². The predicted octanol–water partition coefficient (Wildman–Crippen LogP) is 3.67. The highest BCUT2D eigenvalue weighted by atomic mass is 16.6. The van der Waals surface area contributed by atoms with Gasteiger partial charge in [0.15, 0.2) is 0 Å². The highest BCUT2D eigenvalue weighted by molar-refractivity contribution is 6.35. The number of anilines is 2. The van der Waals surface area contributed by atoms with Gasteiger partial charge in [-0.3, -0.25) is 29.3 Å². The fourth-order valence-corrected chi connectivity index (χ4v) is 4.73. The van der Waals surface area contributed by atoms with E-state index >= 15 is 0 Å². The van der Waals surface area contributed by atoms with Gasteiger partial charge in [-0.15, -0.1) is 0 Å². The molecule has 0 aromatic heterocycles. The summed E-state index contributed by atoms with van der Waals surface area (Å²) in [5, 5.41) is 11.4. The van der Waals surface area contributed by atoms with Gasteiger partial charge in [-0.25, -0.2) is 4.90 Å². The van der Waals surface area contributed by atoms with Crippen LogP contribution in [0.5, 0.6) is 11.5 Å². The van der Waals surface area contributed by atoms with E-state index in [1.165, 1.54) is 48.4 Å². The number of carbonyl (C=O) groups excluding carboxylic acids is 4. The number of hydrogen-bond acceptors (Lipinski definition) is 8. The third-order valence-corrected chi connectivity index (χ3v) is 6.55. The van der Waals surface area contributed by atoms with Gasteiger partial charge in [0.05, 0.1) is 34.9 Å². The number of methoxy groups -OCH3 is 1. The molecule has 0 aliphatic carbocycles. The van der Waals surface area contributed by atoms with E-state index in [4.69, 9.17) is 9.47 Å². The molecule has 0 unspecified atom stereocenters. The second kappa shape index (κ2) is 9.43. The minimum atomic E-state index is -0.800. The Balaban J connectivity index is 1.33. The van der Waals surface area contributed by atoms with E-state index in [2.05, 4.69) is 0 Å². The average Bonchev–Trinajstić information content (AvgIpc) is 3.41. The van der Waals surface area contributed by atoms with E-state index in [0.717, 1.165) is 4.90 Å². The third kappa shape index (κ3) is 4.03. The molecule has 0 N–H and O–H groups in total. The van der Waals surface area contributed by atoms with Crippen LogP contribution in [0.4, 0.5) is 17.1 Å². The van der Waals surface area contributed by atoms with E-state index in [1.807, 2.05) is 0 Å². The number of benzene rings is 3. The summed E-state index contributed by atoms with van der Waals surface area (Å²) >= 11 is 0. The van der Waals surface area contributed by atoms with Gasteiger partial charge in [0, 0.05) is 19.0 Å². The zero-order valence-electron chi connectivity index (χ0n) is 20.4. The molecule has 2 aliphatic heterocycles. The zero-order valence-corrected chi connectivity index (χ0v) is 20.4. The summed E-state index contributed by atoms with van der Waals surface area (Å²) in [6.45, 7) is 1.75. The Hall–Kier alpha value is -5.06. The summed E-state index contributed by atoms with van der Waals surface area (Å²) in [4.78, 5) is 64.5. The minimum Gasteiger partial charge on any atom is -0.495 e. The molecule has 1 atom stereocenters. The monoisotopic (exact) mass is 515 g/mol. The van der Waals surface area contributed by atoms with Crippen LogP contribution in [0.25, 0.3) is 0 Å². The molecule has 0 spiro atoms. The maximum Gasteiger partial charge on any atom is 0.316 e. The second-order valence-corrected chi connectivity index (χ2v) is 8.85. The molecule has 3 aromatic carbocycles. The van der Waals surface area contributed by atoms with Gasteiger partial charge in [0.1, 0.15) is 17.1 Å². The fourth-order valence-electron chi connectivity index (χ4n) is 4.73. The Morgan fingerprint density at radius 1 is 1.00 bits per heavy atom. The molecule has 3 aromatic rings. The number of fused-ring (bicyclic) bond motifs is 1. The highest BCUT2D eigenvalue weighted by Crippen LogP contribution is 2.37. The molecule has 11 heteroatoms. The van der Waals surface area contributed by atoms with Crippen molar-refractivity contribution in [1.29, 1.82) is 0 Å². The fraction of sp³-hybridized carbons (Fsp3) is 0.185. The van der Waals surface area contributed by atoms with Crippen molar-refractivity contribution in [2.45, 2.75) is 13.3 Å². The molecular weight excluding hydrogens is 494 g/mol. The molecule has 5 rings (SSSR count). The quantitative estimate of drug-likeness (QED) is 0.159. The number of hydrogen-bond donors (Lipinski definition) is 0. The standard InChI is InChI=1S/C27H21N3O8/c1-15-12-17(38-27(34)16-13-23(31)28(14-16)20-7-3-4-9-22(20)37-2)10-11-19(15)29-25(32)18-6-5-8-21(30(35)36)24(18)26(29)33/h3-12,16H,13-14H2,1-2H3/t16-/m0/s1. The number of carbonyl (C=O) groups is 4. The van der Waals surface area contributed by atoms with E-state index in [0.29, 0.717) is 17.0 Å². The number of nitrogens with zero attached hydrogens (tertiary/aromatic N) is 3. The molecular formula is C27H21N3O8.